The first-order valence-corrected chi connectivity index (χ1v) is 14.1. The summed E-state index contributed by atoms with van der Waals surface area (Å²) in [5.41, 5.74) is 0.227. The molecule has 0 radical (unpaired) electrons. The smallest absolute Gasteiger partial charge is 0.408 e. The fraction of sp³-hybridized carbons (Fsp3) is 0.655. The van der Waals surface area contributed by atoms with Crippen LogP contribution in [0.5, 0.6) is 0 Å². The van der Waals surface area contributed by atoms with E-state index in [4.69, 9.17) is 4.74 Å². The van der Waals surface area contributed by atoms with Gasteiger partial charge in [0, 0.05) is 25.2 Å². The third-order valence-electron chi connectivity index (χ3n) is 8.81. The van der Waals surface area contributed by atoms with E-state index >= 15 is 0 Å². The van der Waals surface area contributed by atoms with E-state index in [1.54, 1.807) is 37.8 Å². The molecule has 2 aliphatic carbocycles. The van der Waals surface area contributed by atoms with E-state index in [9.17, 15) is 24.0 Å². The summed E-state index contributed by atoms with van der Waals surface area (Å²) in [5, 5.41) is 12.4. The number of fused-ring (bicyclic) bond motifs is 3. The number of hydrogen-bond acceptors (Lipinski definition) is 6. The Hall–Kier alpha value is -3.19. The molecule has 2 bridgehead atoms. The molecule has 2 saturated carbocycles. The van der Waals surface area contributed by atoms with E-state index in [0.29, 0.717) is 31.2 Å². The van der Waals surface area contributed by atoms with Crippen LogP contribution in [-0.4, -0.2) is 81.5 Å². The summed E-state index contributed by atoms with van der Waals surface area (Å²) < 4.78 is 19.1. The summed E-state index contributed by atoms with van der Waals surface area (Å²) in [6.45, 7) is 6.04. The SMILES string of the molecule is CC(C)(C)OC(=O)N[C@@H](CN1C[C@@H]2C[C@H]1C(=O)N2[C@@H](c1ccc(F)cc1)C1CC1)C(=O)N1[C@H](C#N)C[C@@H]2C[C@@H]21. The van der Waals surface area contributed by atoms with Gasteiger partial charge in [-0.15, -0.1) is 0 Å². The average Bonchev–Trinajstić information content (AvgIpc) is 3.75. The number of benzene rings is 1. The molecule has 0 unspecified atom stereocenters. The number of alkyl carbamates (subject to hydrolysis) is 1. The lowest BCUT2D eigenvalue weighted by atomic mass is 9.99. The molecule has 1 aromatic rings. The van der Waals surface area contributed by atoms with Crippen LogP contribution in [0.2, 0.25) is 0 Å². The lowest BCUT2D eigenvalue weighted by Crippen LogP contribution is -2.59. The number of amides is 3. The number of likely N-dealkylation sites (tertiary alicyclic amines) is 3. The summed E-state index contributed by atoms with van der Waals surface area (Å²) in [5.74, 6) is 0.168. The predicted molar refractivity (Wildman–Crippen MR) is 138 cm³/mol. The van der Waals surface area contributed by atoms with Crippen LogP contribution in [0.25, 0.3) is 0 Å². The number of nitriles is 1. The fourth-order valence-corrected chi connectivity index (χ4v) is 6.93. The van der Waals surface area contributed by atoms with Crippen molar-refractivity contribution in [3.05, 3.63) is 35.6 Å². The molecule has 5 aliphatic rings. The molecule has 3 saturated heterocycles. The third kappa shape index (κ3) is 4.97. The van der Waals surface area contributed by atoms with Crippen molar-refractivity contribution in [1.82, 2.24) is 20.0 Å². The van der Waals surface area contributed by atoms with E-state index in [-0.39, 0.29) is 48.3 Å². The van der Waals surface area contributed by atoms with Gasteiger partial charge in [0.2, 0.25) is 11.8 Å². The largest absolute Gasteiger partial charge is 0.444 e. The van der Waals surface area contributed by atoms with Gasteiger partial charge in [0.15, 0.2) is 0 Å². The Kier molecular flexibility index (Phi) is 6.33. The number of carbonyl (C=O) groups excluding carboxylic acids is 3. The zero-order valence-corrected chi connectivity index (χ0v) is 22.7. The van der Waals surface area contributed by atoms with Crippen molar-refractivity contribution in [3.63, 3.8) is 0 Å². The number of ether oxygens (including phenoxy) is 1. The Labute approximate surface area is 228 Å². The highest BCUT2D eigenvalue weighted by Crippen LogP contribution is 2.50. The molecular formula is C29H36FN5O4. The van der Waals surface area contributed by atoms with Crippen LogP contribution in [0.3, 0.4) is 0 Å². The Morgan fingerprint density at radius 2 is 1.90 bits per heavy atom. The van der Waals surface area contributed by atoms with Crippen LogP contribution in [-0.2, 0) is 14.3 Å². The van der Waals surface area contributed by atoms with Gasteiger partial charge in [0.05, 0.1) is 18.2 Å². The lowest BCUT2D eigenvalue weighted by molar-refractivity contribution is -0.142. The van der Waals surface area contributed by atoms with Crippen LogP contribution < -0.4 is 5.32 Å². The monoisotopic (exact) mass is 537 g/mol. The van der Waals surface area contributed by atoms with E-state index < -0.39 is 23.8 Å². The maximum Gasteiger partial charge on any atom is 0.408 e. The second-order valence-corrected chi connectivity index (χ2v) is 12.8. The van der Waals surface area contributed by atoms with Crippen LogP contribution in [0.15, 0.2) is 24.3 Å². The number of piperazine rings is 1. The van der Waals surface area contributed by atoms with Gasteiger partial charge < -0.3 is 19.9 Å². The Balaban J connectivity index is 1.19. The zero-order chi connectivity index (χ0) is 27.6. The van der Waals surface area contributed by atoms with E-state index in [1.165, 1.54) is 12.1 Å². The van der Waals surface area contributed by atoms with Gasteiger partial charge in [-0.1, -0.05) is 12.1 Å². The number of rotatable bonds is 7. The molecule has 0 spiro atoms. The van der Waals surface area contributed by atoms with Crippen LogP contribution in [0.1, 0.15) is 64.5 Å². The summed E-state index contributed by atoms with van der Waals surface area (Å²) in [6.07, 6.45) is 3.61. The van der Waals surface area contributed by atoms with Crippen LogP contribution in [0, 0.1) is 29.0 Å². The molecule has 3 aliphatic heterocycles. The van der Waals surface area contributed by atoms with Gasteiger partial charge in [-0.2, -0.15) is 5.26 Å². The molecule has 3 amide bonds. The quantitative estimate of drug-likeness (QED) is 0.573. The molecule has 39 heavy (non-hydrogen) atoms. The van der Waals surface area contributed by atoms with Crippen molar-refractivity contribution in [2.45, 2.75) is 94.7 Å². The molecule has 1 N–H and O–H groups in total. The van der Waals surface area contributed by atoms with Crippen LogP contribution in [0.4, 0.5) is 9.18 Å². The first-order chi connectivity index (χ1) is 18.5. The summed E-state index contributed by atoms with van der Waals surface area (Å²) in [7, 11) is 0. The van der Waals surface area contributed by atoms with Crippen molar-refractivity contribution in [3.8, 4) is 6.07 Å². The summed E-state index contributed by atoms with van der Waals surface area (Å²) >= 11 is 0. The first kappa shape index (κ1) is 26.1. The highest BCUT2D eigenvalue weighted by Gasteiger charge is 2.57. The minimum atomic E-state index is -0.924. The first-order valence-electron chi connectivity index (χ1n) is 14.1. The van der Waals surface area contributed by atoms with E-state index in [2.05, 4.69) is 11.4 Å². The van der Waals surface area contributed by atoms with Gasteiger partial charge in [-0.25, -0.2) is 9.18 Å². The molecule has 6 rings (SSSR count). The standard InChI is InChI=1S/C29H36FN5O4/c1-29(2,3)39-28(38)32-22(26(36)34-20(13-31)10-18-11-23(18)34)15-33-14-21-12-24(33)27(37)35(21)25(16-4-5-16)17-6-8-19(30)9-7-17/h6-9,16,18,20-25H,4-5,10-12,14-15H2,1-3H3,(H,32,38)/t18-,20+,21+,22+,23+,24+,25-/m1/s1. The van der Waals surface area contributed by atoms with Crippen molar-refractivity contribution in [2.75, 3.05) is 13.1 Å². The fourth-order valence-electron chi connectivity index (χ4n) is 6.93. The van der Waals surface area contributed by atoms with Gasteiger partial charge in [-0.05, 0) is 82.4 Å². The minimum absolute atomic E-state index is 0.0121. The second kappa shape index (κ2) is 9.47. The van der Waals surface area contributed by atoms with Gasteiger partial charge >= 0.3 is 6.09 Å². The van der Waals surface area contributed by atoms with Crippen molar-refractivity contribution in [2.24, 2.45) is 11.8 Å². The molecular weight excluding hydrogens is 501 g/mol. The van der Waals surface area contributed by atoms with Gasteiger partial charge in [-0.3, -0.25) is 14.5 Å². The maximum atomic E-state index is 13.8. The third-order valence-corrected chi connectivity index (χ3v) is 8.81. The molecule has 208 valence electrons. The number of carbonyl (C=O) groups is 3. The molecule has 0 aromatic heterocycles. The molecule has 7 atom stereocenters. The second-order valence-electron chi connectivity index (χ2n) is 12.8. The van der Waals surface area contributed by atoms with E-state index in [1.807, 2.05) is 9.80 Å². The van der Waals surface area contributed by atoms with Gasteiger partial charge in [0.1, 0.15) is 23.5 Å². The Morgan fingerprint density at radius 3 is 2.51 bits per heavy atom. The number of halogens is 1. The Morgan fingerprint density at radius 1 is 1.18 bits per heavy atom. The van der Waals surface area contributed by atoms with Crippen LogP contribution >= 0.6 is 0 Å². The number of hydrogen-bond donors (Lipinski definition) is 1. The summed E-state index contributed by atoms with van der Waals surface area (Å²) in [6, 6.07) is 6.87. The lowest BCUT2D eigenvalue weighted by Gasteiger charge is -2.40. The minimum Gasteiger partial charge on any atom is -0.444 e. The van der Waals surface area contributed by atoms with Gasteiger partial charge in [0.25, 0.3) is 0 Å². The zero-order valence-electron chi connectivity index (χ0n) is 22.7. The Bertz CT molecular complexity index is 1210. The van der Waals surface area contributed by atoms with E-state index in [0.717, 1.165) is 24.8 Å². The predicted octanol–water partition coefficient (Wildman–Crippen LogP) is 2.97. The van der Waals surface area contributed by atoms with Crippen molar-refractivity contribution >= 4 is 17.9 Å². The molecule has 3 heterocycles. The highest BCUT2D eigenvalue weighted by atomic mass is 19.1. The maximum absolute atomic E-state index is 13.8. The molecule has 5 fully saturated rings. The highest BCUT2D eigenvalue weighted by molar-refractivity contribution is 5.89. The van der Waals surface area contributed by atoms with Crippen molar-refractivity contribution < 1.29 is 23.5 Å². The normalized spacial score (nSPS) is 31.1. The number of nitrogens with one attached hydrogen (secondary N) is 1. The average molecular weight is 538 g/mol. The summed E-state index contributed by atoms with van der Waals surface area (Å²) in [4.78, 5) is 45.9. The number of nitrogens with zero attached hydrogens (tertiary/aromatic N) is 4. The topological polar surface area (TPSA) is 106 Å². The number of piperidine rings is 1. The van der Waals surface area contributed by atoms with Crippen molar-refractivity contribution in [1.29, 1.82) is 5.26 Å². The molecule has 10 heteroatoms. The molecule has 1 aromatic carbocycles. The molecule has 9 nitrogen and oxygen atoms in total.